The molecule has 0 spiro atoms. The Morgan fingerprint density at radius 3 is 2.38 bits per heavy atom. The molecule has 1 aromatic heterocycles. The number of methoxy groups -OCH3 is 1. The Bertz CT molecular complexity index is 1240. The van der Waals surface area contributed by atoms with Crippen LogP contribution in [0.5, 0.6) is 0 Å². The maximum absolute atomic E-state index is 13.5. The van der Waals surface area contributed by atoms with E-state index >= 15 is 0 Å². The molecule has 0 radical (unpaired) electrons. The van der Waals surface area contributed by atoms with E-state index in [1.54, 1.807) is 30.3 Å². The molecule has 0 bridgehead atoms. The zero-order chi connectivity index (χ0) is 23.5. The van der Waals surface area contributed by atoms with Crippen LogP contribution in [-0.2, 0) is 27.5 Å². The summed E-state index contributed by atoms with van der Waals surface area (Å²) in [6.45, 7) is -0.260. The topological polar surface area (TPSA) is 76.6 Å². The molecule has 6 nitrogen and oxygen atoms in total. The minimum atomic E-state index is -4.70. The number of esters is 1. The SMILES string of the molecule is COC(=O)c1cccc(S(=O)(=O)N(Cc2ccccc2)c2ncc(C(F)(F)F)cc2Cl)c1. The molecule has 0 amide bonds. The minimum Gasteiger partial charge on any atom is -0.465 e. The van der Waals surface area contributed by atoms with E-state index < -0.39 is 32.8 Å². The normalized spacial score (nSPS) is 11.8. The molecule has 32 heavy (non-hydrogen) atoms. The van der Waals surface area contributed by atoms with E-state index in [4.69, 9.17) is 11.6 Å². The number of halogens is 4. The standard InChI is InChI=1S/C21H16ClF3N2O4S/c1-31-20(28)15-8-5-9-17(10-15)32(29,30)27(13-14-6-3-2-4-7-14)19-18(22)11-16(12-26-19)21(23,24)25/h2-12H,13H2,1H3. The second kappa shape index (κ2) is 9.17. The highest BCUT2D eigenvalue weighted by molar-refractivity contribution is 7.92. The third kappa shape index (κ3) is 5.03. The van der Waals surface area contributed by atoms with Gasteiger partial charge in [-0.1, -0.05) is 48.0 Å². The van der Waals surface area contributed by atoms with Crippen LogP contribution in [0.2, 0.25) is 5.02 Å². The lowest BCUT2D eigenvalue weighted by Crippen LogP contribution is -2.32. The van der Waals surface area contributed by atoms with Crippen LogP contribution in [0.3, 0.4) is 0 Å². The van der Waals surface area contributed by atoms with Gasteiger partial charge >= 0.3 is 12.1 Å². The first-order valence-electron chi connectivity index (χ1n) is 9.02. The highest BCUT2D eigenvalue weighted by Crippen LogP contribution is 2.36. The van der Waals surface area contributed by atoms with Gasteiger partial charge in [0.15, 0.2) is 5.82 Å². The number of carbonyl (C=O) groups is 1. The minimum absolute atomic E-state index is 0.0142. The van der Waals surface area contributed by atoms with Crippen molar-refractivity contribution in [2.75, 3.05) is 11.4 Å². The second-order valence-electron chi connectivity index (χ2n) is 6.54. The summed E-state index contributed by atoms with van der Waals surface area (Å²) < 4.78 is 71.5. The number of sulfonamides is 1. The Morgan fingerprint density at radius 1 is 1.09 bits per heavy atom. The first-order valence-corrected chi connectivity index (χ1v) is 10.8. The predicted molar refractivity (Wildman–Crippen MR) is 112 cm³/mol. The number of benzene rings is 2. The summed E-state index contributed by atoms with van der Waals surface area (Å²) >= 11 is 6.05. The predicted octanol–water partition coefficient (Wildman–Crippen LogP) is 4.94. The first-order chi connectivity index (χ1) is 15.0. The second-order valence-corrected chi connectivity index (χ2v) is 8.81. The number of carbonyl (C=O) groups excluding carboxylic acids is 1. The lowest BCUT2D eigenvalue weighted by atomic mass is 10.2. The van der Waals surface area contributed by atoms with Crippen molar-refractivity contribution in [1.82, 2.24) is 4.98 Å². The van der Waals surface area contributed by atoms with Crippen molar-refractivity contribution in [3.63, 3.8) is 0 Å². The summed E-state index contributed by atoms with van der Waals surface area (Å²) in [7, 11) is -3.24. The van der Waals surface area contributed by atoms with E-state index in [1.807, 2.05) is 0 Å². The van der Waals surface area contributed by atoms with Gasteiger partial charge < -0.3 is 4.74 Å². The Labute approximate surface area is 187 Å². The van der Waals surface area contributed by atoms with Crippen molar-refractivity contribution in [2.24, 2.45) is 0 Å². The summed E-state index contributed by atoms with van der Waals surface area (Å²) in [5.41, 5.74) is -0.589. The van der Waals surface area contributed by atoms with Crippen LogP contribution in [0.1, 0.15) is 21.5 Å². The van der Waals surface area contributed by atoms with Crippen molar-refractivity contribution in [2.45, 2.75) is 17.6 Å². The number of pyridine rings is 1. The molecule has 0 aliphatic carbocycles. The van der Waals surface area contributed by atoms with Crippen LogP contribution in [0.15, 0.2) is 71.8 Å². The lowest BCUT2D eigenvalue weighted by molar-refractivity contribution is -0.137. The Balaban J connectivity index is 2.14. The number of ether oxygens (including phenoxy) is 1. The molecule has 168 valence electrons. The smallest absolute Gasteiger partial charge is 0.417 e. The Kier molecular flexibility index (Phi) is 6.75. The van der Waals surface area contributed by atoms with Gasteiger partial charge in [-0.05, 0) is 29.8 Å². The van der Waals surface area contributed by atoms with Crippen molar-refractivity contribution in [1.29, 1.82) is 0 Å². The van der Waals surface area contributed by atoms with Crippen LogP contribution in [0, 0.1) is 0 Å². The molecular weight excluding hydrogens is 469 g/mol. The fourth-order valence-corrected chi connectivity index (χ4v) is 4.61. The van der Waals surface area contributed by atoms with E-state index in [9.17, 15) is 26.4 Å². The van der Waals surface area contributed by atoms with Crippen molar-refractivity contribution >= 4 is 33.4 Å². The zero-order valence-corrected chi connectivity index (χ0v) is 18.1. The molecule has 11 heteroatoms. The fourth-order valence-electron chi connectivity index (χ4n) is 2.82. The molecule has 0 aliphatic heterocycles. The van der Waals surface area contributed by atoms with E-state index in [1.165, 1.54) is 18.2 Å². The molecule has 0 saturated carbocycles. The highest BCUT2D eigenvalue weighted by atomic mass is 35.5. The van der Waals surface area contributed by atoms with Crippen LogP contribution in [0.4, 0.5) is 19.0 Å². The van der Waals surface area contributed by atoms with Crippen LogP contribution >= 0.6 is 11.6 Å². The molecule has 0 N–H and O–H groups in total. The van der Waals surface area contributed by atoms with Crippen molar-refractivity contribution < 1.29 is 31.1 Å². The first kappa shape index (κ1) is 23.6. The van der Waals surface area contributed by atoms with E-state index in [0.717, 1.165) is 17.5 Å². The third-order valence-corrected chi connectivity index (χ3v) is 6.41. The fraction of sp³-hybridized carbons (Fsp3) is 0.143. The summed E-state index contributed by atoms with van der Waals surface area (Å²) in [6.07, 6.45) is -4.19. The van der Waals surface area contributed by atoms with Crippen LogP contribution < -0.4 is 4.31 Å². The van der Waals surface area contributed by atoms with Gasteiger partial charge in [0.05, 0.1) is 34.7 Å². The van der Waals surface area contributed by atoms with E-state index in [2.05, 4.69) is 9.72 Å². The van der Waals surface area contributed by atoms with Gasteiger partial charge in [-0.3, -0.25) is 0 Å². The van der Waals surface area contributed by atoms with Gasteiger partial charge in [0.2, 0.25) is 0 Å². The summed E-state index contributed by atoms with van der Waals surface area (Å²) in [6, 6.07) is 14.1. The van der Waals surface area contributed by atoms with Crippen LogP contribution in [0.25, 0.3) is 0 Å². The average Bonchev–Trinajstić information content (AvgIpc) is 2.77. The molecule has 1 heterocycles. The number of anilines is 1. The number of hydrogen-bond donors (Lipinski definition) is 0. The molecular formula is C21H16ClF3N2O4S. The molecule has 2 aromatic carbocycles. The van der Waals surface area contributed by atoms with E-state index in [-0.39, 0.29) is 22.8 Å². The Hall–Kier alpha value is -3.11. The molecule has 0 aliphatic rings. The van der Waals surface area contributed by atoms with Gasteiger partial charge in [-0.15, -0.1) is 0 Å². The van der Waals surface area contributed by atoms with Crippen LogP contribution in [-0.4, -0.2) is 26.5 Å². The summed E-state index contributed by atoms with van der Waals surface area (Å²) in [5, 5.41) is -0.497. The number of alkyl halides is 3. The maximum atomic E-state index is 13.5. The Morgan fingerprint density at radius 2 is 1.78 bits per heavy atom. The molecule has 0 saturated heterocycles. The average molecular weight is 485 g/mol. The number of hydrogen-bond acceptors (Lipinski definition) is 5. The van der Waals surface area contributed by atoms with Gasteiger partial charge in [-0.2, -0.15) is 13.2 Å². The molecule has 0 unspecified atom stereocenters. The van der Waals surface area contributed by atoms with E-state index in [0.29, 0.717) is 17.8 Å². The maximum Gasteiger partial charge on any atom is 0.417 e. The molecule has 3 rings (SSSR count). The largest absolute Gasteiger partial charge is 0.465 e. The lowest BCUT2D eigenvalue weighted by Gasteiger charge is -2.25. The summed E-state index contributed by atoms with van der Waals surface area (Å²) in [4.78, 5) is 15.3. The van der Waals surface area contributed by atoms with Gasteiger partial charge in [0.1, 0.15) is 0 Å². The molecule has 0 fully saturated rings. The van der Waals surface area contributed by atoms with Gasteiger partial charge in [0, 0.05) is 6.20 Å². The van der Waals surface area contributed by atoms with Gasteiger partial charge in [-0.25, -0.2) is 22.5 Å². The number of nitrogens with zero attached hydrogens (tertiary/aromatic N) is 2. The highest BCUT2D eigenvalue weighted by Gasteiger charge is 2.34. The monoisotopic (exact) mass is 484 g/mol. The number of rotatable bonds is 6. The quantitative estimate of drug-likeness (QED) is 0.463. The third-order valence-electron chi connectivity index (χ3n) is 4.40. The van der Waals surface area contributed by atoms with Gasteiger partial charge in [0.25, 0.3) is 10.0 Å². The summed E-state index contributed by atoms with van der Waals surface area (Å²) in [5.74, 6) is -1.13. The van der Waals surface area contributed by atoms with Crippen molar-refractivity contribution in [3.05, 3.63) is 88.6 Å². The van der Waals surface area contributed by atoms with Crippen molar-refractivity contribution in [3.8, 4) is 0 Å². The number of aromatic nitrogens is 1. The molecule has 3 aromatic rings. The molecule has 0 atom stereocenters. The zero-order valence-electron chi connectivity index (χ0n) is 16.5.